The third-order valence-electron chi connectivity index (χ3n) is 19.8. The highest BCUT2D eigenvalue weighted by molar-refractivity contribution is 6.03. The van der Waals surface area contributed by atoms with E-state index in [1.807, 2.05) is 44.2 Å². The minimum Gasteiger partial charge on any atom is -0.394 e. The van der Waals surface area contributed by atoms with Gasteiger partial charge in [0.15, 0.2) is 0 Å². The van der Waals surface area contributed by atoms with Crippen LogP contribution in [0.25, 0.3) is 0 Å². The van der Waals surface area contributed by atoms with Gasteiger partial charge in [-0.2, -0.15) is 0 Å². The Balaban J connectivity index is 1.73. The van der Waals surface area contributed by atoms with Crippen LogP contribution >= 0.6 is 0 Å². The van der Waals surface area contributed by atoms with Crippen molar-refractivity contribution in [3.8, 4) is 0 Å². The number of carbonyl (C=O) groups excluding carboxylic acids is 16. The first-order chi connectivity index (χ1) is 50.5. The molecule has 2 saturated heterocycles. The molecule has 110 heavy (non-hydrogen) atoms. The third kappa shape index (κ3) is 26.7. The molecule has 2 fully saturated rings. The molecule has 0 saturated carbocycles. The van der Waals surface area contributed by atoms with Crippen molar-refractivity contribution in [2.45, 2.75) is 302 Å². The fourth-order valence-electron chi connectivity index (χ4n) is 12.1. The van der Waals surface area contributed by atoms with Crippen LogP contribution in [-0.2, 0) is 83.1 Å². The quantitative estimate of drug-likeness (QED) is 0.0335. The van der Waals surface area contributed by atoms with E-state index in [2.05, 4.69) is 69.1 Å². The first-order valence-electron chi connectivity index (χ1n) is 37.5. The highest BCUT2D eigenvalue weighted by atomic mass is 16.3. The number of nitrogens with one attached hydrogen (secondary N) is 13. The third-order valence-corrected chi connectivity index (χ3v) is 19.8. The van der Waals surface area contributed by atoms with E-state index in [0.717, 1.165) is 15.4 Å². The van der Waals surface area contributed by atoms with Gasteiger partial charge in [0.25, 0.3) is 0 Å². The molecule has 0 aromatic heterocycles. The molecular formula is C75H124N16O19. The molecule has 35 heteroatoms. The Morgan fingerprint density at radius 2 is 0.891 bits per heavy atom. The Labute approximate surface area is 645 Å². The van der Waals surface area contributed by atoms with Crippen LogP contribution in [0.5, 0.6) is 0 Å². The second-order valence-corrected chi connectivity index (χ2v) is 33.1. The van der Waals surface area contributed by atoms with E-state index in [-0.39, 0.29) is 69.7 Å². The van der Waals surface area contributed by atoms with Crippen molar-refractivity contribution < 1.29 is 92.0 Å². The summed E-state index contributed by atoms with van der Waals surface area (Å²) in [5.41, 5.74) is -7.52. The summed E-state index contributed by atoms with van der Waals surface area (Å²) >= 11 is 0. The summed E-state index contributed by atoms with van der Waals surface area (Å²) in [7, 11) is 0. The van der Waals surface area contributed by atoms with Gasteiger partial charge in [-0.3, -0.25) is 76.7 Å². The van der Waals surface area contributed by atoms with Crippen LogP contribution in [0.4, 0.5) is 0 Å². The predicted octanol–water partition coefficient (Wildman–Crippen LogP) is -2.09. The first-order valence-corrected chi connectivity index (χ1v) is 37.5. The van der Waals surface area contributed by atoms with Gasteiger partial charge in [0.05, 0.1) is 31.4 Å². The van der Waals surface area contributed by atoms with Crippen molar-refractivity contribution in [3.05, 3.63) is 35.9 Å². The number of hydrogen-bond acceptors (Lipinski definition) is 19. The molecule has 11 atom stereocenters. The zero-order chi connectivity index (χ0) is 84.4. The molecule has 18 N–H and O–H groups in total. The fourth-order valence-corrected chi connectivity index (χ4v) is 12.1. The van der Waals surface area contributed by atoms with Crippen LogP contribution < -0.4 is 74.9 Å². The summed E-state index contributed by atoms with van der Waals surface area (Å²) in [6.45, 7) is 29.1. The van der Waals surface area contributed by atoms with Gasteiger partial charge in [-0.05, 0) is 152 Å². The lowest BCUT2D eigenvalue weighted by Crippen LogP contribution is -2.68. The molecule has 1 aromatic rings. The van der Waals surface area contributed by atoms with E-state index in [1.54, 1.807) is 34.6 Å². The van der Waals surface area contributed by atoms with E-state index in [4.69, 9.17) is 5.73 Å². The van der Waals surface area contributed by atoms with Crippen molar-refractivity contribution >= 4 is 94.5 Å². The number of amides is 16. The molecule has 0 radical (unpaired) electrons. The maximum Gasteiger partial charge on any atom is 0.248 e. The molecule has 1 aromatic carbocycles. The van der Waals surface area contributed by atoms with Crippen LogP contribution in [0, 0.1) is 11.8 Å². The lowest BCUT2D eigenvalue weighted by molar-refractivity contribution is -0.147. The number of rotatable bonds is 40. The summed E-state index contributed by atoms with van der Waals surface area (Å²) in [5, 5.41) is 66.0. The molecule has 2 aliphatic rings. The SMILES string of the molecule is CC[C@@](C)(NC(=O)[C@H](CC(C)C)NC(=O)CNC(=O)[C@@](C)(CC)NC(=O)C(C)(C)NC(=O)C(C)(C)NC(=O)C(C)(C)NC(=O)[C@H](CC(C)C)NC(C)=O)C(=O)NC(C)(C)C(=O)N1C[C@H](O)C[C@H]1C(=O)N[C@@H](CCC(N)=O)C(=O)N[C@](C)(CC)C(=O)N1C[C@H](O)C[C@H]1C(=O)NC(C)(C)C(=O)N[C@H](CO)Cc1ccccc1. The maximum absolute atomic E-state index is 14.7. The highest BCUT2D eigenvalue weighted by Crippen LogP contribution is 2.28. The molecule has 0 bridgehead atoms. The summed E-state index contributed by atoms with van der Waals surface area (Å²) < 4.78 is 0. The molecule has 618 valence electrons. The number of nitrogens with two attached hydrogens (primary N) is 1. The highest BCUT2D eigenvalue weighted by Gasteiger charge is 2.51. The number of primary amides is 1. The second kappa shape index (κ2) is 39.0. The van der Waals surface area contributed by atoms with Gasteiger partial charge in [-0.25, -0.2) is 0 Å². The summed E-state index contributed by atoms with van der Waals surface area (Å²) in [6.07, 6.45) is -3.68. The molecule has 2 aliphatic heterocycles. The number of aliphatic hydroxyl groups is 3. The van der Waals surface area contributed by atoms with Gasteiger partial charge >= 0.3 is 0 Å². The van der Waals surface area contributed by atoms with Crippen LogP contribution in [-0.4, -0.2) is 239 Å². The Kier molecular flexibility index (Phi) is 33.6. The summed E-state index contributed by atoms with van der Waals surface area (Å²) in [5.74, 6) is -13.2. The number of carbonyl (C=O) groups is 16. The zero-order valence-electron chi connectivity index (χ0n) is 67.9. The average Bonchev–Trinajstić information content (AvgIpc) is 1.28. The summed E-state index contributed by atoms with van der Waals surface area (Å²) in [4.78, 5) is 223. The van der Waals surface area contributed by atoms with Crippen molar-refractivity contribution in [2.24, 2.45) is 17.6 Å². The lowest BCUT2D eigenvalue weighted by Gasteiger charge is -2.38. The van der Waals surface area contributed by atoms with Crippen molar-refractivity contribution in [1.29, 1.82) is 0 Å². The normalized spacial score (nSPS) is 18.9. The number of benzene rings is 1. The van der Waals surface area contributed by atoms with Crippen LogP contribution in [0.3, 0.4) is 0 Å². The van der Waals surface area contributed by atoms with Crippen molar-refractivity contribution in [3.63, 3.8) is 0 Å². The van der Waals surface area contributed by atoms with E-state index in [0.29, 0.717) is 0 Å². The first kappa shape index (κ1) is 94.8. The van der Waals surface area contributed by atoms with Crippen LogP contribution in [0.2, 0.25) is 0 Å². The molecule has 0 spiro atoms. The van der Waals surface area contributed by atoms with Crippen molar-refractivity contribution in [1.82, 2.24) is 78.9 Å². The van der Waals surface area contributed by atoms with Crippen molar-refractivity contribution in [2.75, 3.05) is 26.2 Å². The molecule has 3 rings (SSSR count). The van der Waals surface area contributed by atoms with E-state index < -0.39 is 220 Å². The number of hydrogen-bond donors (Lipinski definition) is 17. The van der Waals surface area contributed by atoms with Gasteiger partial charge in [-0.15, -0.1) is 0 Å². The van der Waals surface area contributed by atoms with Gasteiger partial charge in [0.2, 0.25) is 94.5 Å². The Bertz CT molecular complexity index is 3550. The number of aliphatic hydroxyl groups excluding tert-OH is 3. The number of likely N-dealkylation sites (tertiary alicyclic amines) is 2. The lowest BCUT2D eigenvalue weighted by atomic mass is 9.93. The van der Waals surface area contributed by atoms with Crippen LogP contribution in [0.1, 0.15) is 209 Å². The second-order valence-electron chi connectivity index (χ2n) is 33.1. The molecule has 0 aliphatic carbocycles. The molecular weight excluding hydrogens is 1430 g/mol. The number of β-amino-alcohol motifs (C(OH)–C–C–N with tert-alkyl or cyclic N) is 2. The standard InChI is InChI=1S/C75H124N16O19/c1-22-73(19,89-63(106)71(15,16)87-62(105)70(13,14)86-61(104)69(11,12)82-56(99)49(32-41(4)5)78-43(8)93)64(107)77-37-54(97)80-50(33-42(6)7)57(100)84-74(20,23-2)65(108)88-72(17,18)66(109)90-38-46(94)35-51(90)58(101)81-48(30-31-53(76)96)55(98)85-75(21,24-3)67(110)91-39-47(95)36-52(91)59(102)83-68(9,10)60(103)79-45(40-92)34-44-28-26-25-27-29-44/h25-29,41-42,45-52,92,94-95H,22-24,30-40H2,1-21H3,(H2,76,96)(H,77,107)(H,78,93)(H,79,103)(H,80,97)(H,81,101)(H,82,99)(H,83,102)(H,84,100)(H,85,98)(H,86,104)(H,87,105)(H,88,108)(H,89,106)/t45-,46+,47+,48-,49-,50-,51-,52-,73+,74+,75+/m0/s1. The van der Waals surface area contributed by atoms with E-state index >= 15 is 0 Å². The van der Waals surface area contributed by atoms with E-state index in [9.17, 15) is 92.0 Å². The van der Waals surface area contributed by atoms with Crippen LogP contribution in [0.15, 0.2) is 30.3 Å². The predicted molar refractivity (Wildman–Crippen MR) is 405 cm³/mol. The maximum atomic E-state index is 14.7. The molecule has 16 amide bonds. The Hall–Kier alpha value is -9.38. The fraction of sp³-hybridized carbons (Fsp3) is 0.707. The molecule has 35 nitrogen and oxygen atoms in total. The minimum atomic E-state index is -1.90. The van der Waals surface area contributed by atoms with Gasteiger partial charge in [0.1, 0.15) is 74.5 Å². The van der Waals surface area contributed by atoms with E-state index in [1.165, 1.54) is 96.9 Å². The molecule has 2 heterocycles. The zero-order valence-corrected chi connectivity index (χ0v) is 67.9. The topological polar surface area (TPSA) is 523 Å². The Morgan fingerprint density at radius 3 is 1.36 bits per heavy atom. The molecule has 0 unspecified atom stereocenters. The average molecular weight is 1550 g/mol. The van der Waals surface area contributed by atoms with Gasteiger partial charge < -0.3 is 100.0 Å². The minimum absolute atomic E-state index is 0.0144. The monoisotopic (exact) mass is 1550 g/mol. The number of nitrogens with zero attached hydrogens (tertiary/aromatic N) is 2. The van der Waals surface area contributed by atoms with Gasteiger partial charge in [-0.1, -0.05) is 78.8 Å². The van der Waals surface area contributed by atoms with Gasteiger partial charge in [0, 0.05) is 39.3 Å². The smallest absolute Gasteiger partial charge is 0.248 e. The summed E-state index contributed by atoms with van der Waals surface area (Å²) in [6, 6.07) is 1.64. The largest absolute Gasteiger partial charge is 0.394 e. The Morgan fingerprint density at radius 1 is 0.473 bits per heavy atom.